The van der Waals surface area contributed by atoms with Crippen molar-refractivity contribution in [2.45, 2.75) is 32.2 Å². The summed E-state index contributed by atoms with van der Waals surface area (Å²) in [5.41, 5.74) is 1.32. The van der Waals surface area contributed by atoms with E-state index < -0.39 is 0 Å². The molecule has 1 aromatic rings. The summed E-state index contributed by atoms with van der Waals surface area (Å²) in [6.45, 7) is 6.20. The highest BCUT2D eigenvalue weighted by Crippen LogP contribution is 2.25. The van der Waals surface area contributed by atoms with Gasteiger partial charge in [-0.3, -0.25) is 4.99 Å². The molecule has 1 atom stereocenters. The summed E-state index contributed by atoms with van der Waals surface area (Å²) in [5, 5.41) is 6.83. The Kier molecular flexibility index (Phi) is 7.46. The molecule has 1 aliphatic carbocycles. The van der Waals surface area contributed by atoms with Gasteiger partial charge in [0, 0.05) is 42.4 Å². The van der Waals surface area contributed by atoms with Gasteiger partial charge in [-0.05, 0) is 56.4 Å². The fourth-order valence-electron chi connectivity index (χ4n) is 2.83. The van der Waals surface area contributed by atoms with Crippen LogP contribution >= 0.6 is 39.9 Å². The second-order valence-corrected chi connectivity index (χ2v) is 7.13. The highest BCUT2D eigenvalue weighted by atomic mass is 127. The molecule has 1 aromatic carbocycles. The second-order valence-electron chi connectivity index (χ2n) is 6.22. The first-order valence-electron chi connectivity index (χ1n) is 8.30. The number of nitrogens with zero attached hydrogens (tertiary/aromatic N) is 2. The predicted octanol–water partition coefficient (Wildman–Crippen LogP) is 3.61. The van der Waals surface area contributed by atoms with Crippen molar-refractivity contribution in [2.24, 2.45) is 10.9 Å². The number of hydrogen-bond donors (Lipinski definition) is 2. The lowest BCUT2D eigenvalue weighted by Gasteiger charge is -2.18. The highest BCUT2D eigenvalue weighted by molar-refractivity contribution is 14.0. The van der Waals surface area contributed by atoms with E-state index in [1.807, 2.05) is 0 Å². The first-order valence-corrected chi connectivity index (χ1v) is 9.09. The van der Waals surface area contributed by atoms with E-state index in [-0.39, 0.29) is 24.0 Å². The van der Waals surface area contributed by atoms with Crippen LogP contribution in [0.4, 0.5) is 5.69 Å². The Labute approximate surface area is 164 Å². The SMILES string of the molecule is CCNC(=NCC1CCN(c2ccc(Br)cc2)C1)NC1CC1.I. The predicted molar refractivity (Wildman–Crippen MR) is 112 cm³/mol. The lowest BCUT2D eigenvalue weighted by molar-refractivity contribution is 0.599. The van der Waals surface area contributed by atoms with E-state index in [2.05, 4.69) is 62.7 Å². The van der Waals surface area contributed by atoms with E-state index in [1.54, 1.807) is 0 Å². The van der Waals surface area contributed by atoms with Crippen LogP contribution in [0.1, 0.15) is 26.2 Å². The molecule has 1 unspecified atom stereocenters. The molecule has 2 N–H and O–H groups in total. The molecule has 1 aliphatic heterocycles. The van der Waals surface area contributed by atoms with Gasteiger partial charge in [-0.1, -0.05) is 15.9 Å². The van der Waals surface area contributed by atoms with Crippen LogP contribution in [0, 0.1) is 5.92 Å². The van der Waals surface area contributed by atoms with Crippen LogP contribution in [0.25, 0.3) is 0 Å². The molecule has 1 saturated carbocycles. The summed E-state index contributed by atoms with van der Waals surface area (Å²) in [4.78, 5) is 7.24. The van der Waals surface area contributed by atoms with E-state index in [9.17, 15) is 0 Å². The number of hydrogen-bond acceptors (Lipinski definition) is 2. The van der Waals surface area contributed by atoms with Crippen molar-refractivity contribution in [3.8, 4) is 0 Å². The third-order valence-corrected chi connectivity index (χ3v) is 4.78. The molecule has 6 heteroatoms. The zero-order valence-corrected chi connectivity index (χ0v) is 17.5. The van der Waals surface area contributed by atoms with E-state index in [0.717, 1.165) is 36.6 Å². The summed E-state index contributed by atoms with van der Waals surface area (Å²) >= 11 is 3.50. The van der Waals surface area contributed by atoms with Crippen molar-refractivity contribution in [2.75, 3.05) is 31.1 Å². The molecule has 2 aliphatic rings. The average molecular weight is 493 g/mol. The topological polar surface area (TPSA) is 39.7 Å². The monoisotopic (exact) mass is 492 g/mol. The number of anilines is 1. The molecule has 3 rings (SSSR count). The number of halogens is 2. The smallest absolute Gasteiger partial charge is 0.191 e. The molecule has 0 bridgehead atoms. The van der Waals surface area contributed by atoms with Gasteiger partial charge in [-0.25, -0.2) is 0 Å². The normalized spacial score (nSPS) is 21.0. The van der Waals surface area contributed by atoms with Gasteiger partial charge >= 0.3 is 0 Å². The molecule has 1 heterocycles. The van der Waals surface area contributed by atoms with Crippen LogP contribution in [0.5, 0.6) is 0 Å². The molecular weight excluding hydrogens is 467 g/mol. The minimum absolute atomic E-state index is 0. The van der Waals surface area contributed by atoms with Crippen molar-refractivity contribution in [1.29, 1.82) is 0 Å². The number of benzene rings is 1. The van der Waals surface area contributed by atoms with Crippen LogP contribution in [0.15, 0.2) is 33.7 Å². The van der Waals surface area contributed by atoms with Crippen molar-refractivity contribution in [3.05, 3.63) is 28.7 Å². The molecule has 23 heavy (non-hydrogen) atoms. The van der Waals surface area contributed by atoms with E-state index >= 15 is 0 Å². The quantitative estimate of drug-likeness (QED) is 0.374. The minimum atomic E-state index is 0. The van der Waals surface area contributed by atoms with Crippen LogP contribution in [0.3, 0.4) is 0 Å². The van der Waals surface area contributed by atoms with Gasteiger partial charge in [0.15, 0.2) is 5.96 Å². The number of aliphatic imine (C=N–C) groups is 1. The number of guanidine groups is 1. The molecule has 128 valence electrons. The maximum atomic E-state index is 4.78. The average Bonchev–Trinajstić information content (AvgIpc) is 3.21. The maximum Gasteiger partial charge on any atom is 0.191 e. The van der Waals surface area contributed by atoms with Crippen LogP contribution in [0.2, 0.25) is 0 Å². The molecular formula is C17H26BrIN4. The molecule has 1 saturated heterocycles. The Balaban J connectivity index is 0.00000192. The number of rotatable bonds is 5. The minimum Gasteiger partial charge on any atom is -0.371 e. The molecule has 0 radical (unpaired) electrons. The van der Waals surface area contributed by atoms with Crippen LogP contribution < -0.4 is 15.5 Å². The molecule has 0 spiro atoms. The van der Waals surface area contributed by atoms with Gasteiger partial charge in [-0.15, -0.1) is 24.0 Å². The first kappa shape index (κ1) is 18.8. The Bertz CT molecular complexity index is 516. The van der Waals surface area contributed by atoms with Gasteiger partial charge in [0.1, 0.15) is 0 Å². The molecule has 2 fully saturated rings. The van der Waals surface area contributed by atoms with Crippen molar-refractivity contribution >= 4 is 51.6 Å². The van der Waals surface area contributed by atoms with Crippen molar-refractivity contribution in [3.63, 3.8) is 0 Å². The van der Waals surface area contributed by atoms with Gasteiger partial charge in [-0.2, -0.15) is 0 Å². The Hall–Kier alpha value is -0.500. The Morgan fingerprint density at radius 2 is 2.00 bits per heavy atom. The molecule has 0 aromatic heterocycles. The van der Waals surface area contributed by atoms with Gasteiger partial charge in [0.2, 0.25) is 0 Å². The zero-order valence-electron chi connectivity index (χ0n) is 13.6. The third-order valence-electron chi connectivity index (χ3n) is 4.25. The Morgan fingerprint density at radius 3 is 2.65 bits per heavy atom. The lowest BCUT2D eigenvalue weighted by atomic mass is 10.1. The summed E-state index contributed by atoms with van der Waals surface area (Å²) in [6, 6.07) is 9.26. The number of nitrogens with one attached hydrogen (secondary N) is 2. The van der Waals surface area contributed by atoms with E-state index in [0.29, 0.717) is 12.0 Å². The second kappa shape index (κ2) is 9.11. The summed E-state index contributed by atoms with van der Waals surface area (Å²) in [5.74, 6) is 1.64. The van der Waals surface area contributed by atoms with Crippen molar-refractivity contribution in [1.82, 2.24) is 10.6 Å². The van der Waals surface area contributed by atoms with E-state index in [1.165, 1.54) is 24.9 Å². The molecule has 0 amide bonds. The fraction of sp³-hybridized carbons (Fsp3) is 0.588. The van der Waals surface area contributed by atoms with Gasteiger partial charge in [0.05, 0.1) is 0 Å². The van der Waals surface area contributed by atoms with Crippen LogP contribution in [-0.4, -0.2) is 38.2 Å². The lowest BCUT2D eigenvalue weighted by Crippen LogP contribution is -2.39. The summed E-state index contributed by atoms with van der Waals surface area (Å²) in [7, 11) is 0. The molecule has 4 nitrogen and oxygen atoms in total. The maximum absolute atomic E-state index is 4.78. The van der Waals surface area contributed by atoms with E-state index in [4.69, 9.17) is 4.99 Å². The van der Waals surface area contributed by atoms with Gasteiger partial charge < -0.3 is 15.5 Å². The Morgan fingerprint density at radius 1 is 1.26 bits per heavy atom. The summed E-state index contributed by atoms with van der Waals surface area (Å²) < 4.78 is 1.14. The fourth-order valence-corrected chi connectivity index (χ4v) is 3.09. The zero-order chi connectivity index (χ0) is 15.4. The third kappa shape index (κ3) is 5.81. The summed E-state index contributed by atoms with van der Waals surface area (Å²) in [6.07, 6.45) is 3.79. The highest BCUT2D eigenvalue weighted by Gasteiger charge is 2.24. The van der Waals surface area contributed by atoms with Crippen molar-refractivity contribution < 1.29 is 0 Å². The first-order chi connectivity index (χ1) is 10.7. The van der Waals surface area contributed by atoms with Gasteiger partial charge in [0.25, 0.3) is 0 Å². The largest absolute Gasteiger partial charge is 0.371 e. The standard InChI is InChI=1S/C17H25BrN4.HI/c1-2-19-17(21-15-5-6-15)20-11-13-9-10-22(12-13)16-7-3-14(18)4-8-16;/h3-4,7-8,13,15H,2,5-6,9-12H2,1H3,(H2,19,20,21);1H. The van der Waals surface area contributed by atoms with Crippen LogP contribution in [-0.2, 0) is 0 Å².